The second-order valence-electron chi connectivity index (χ2n) is 5.10. The zero-order chi connectivity index (χ0) is 14.2. The van der Waals surface area contributed by atoms with Gasteiger partial charge in [0.15, 0.2) is 0 Å². The van der Waals surface area contributed by atoms with Crippen molar-refractivity contribution in [2.45, 2.75) is 26.3 Å². The van der Waals surface area contributed by atoms with Crippen LogP contribution in [0.15, 0.2) is 12.1 Å². The van der Waals surface area contributed by atoms with Crippen LogP contribution in [0.3, 0.4) is 0 Å². The van der Waals surface area contributed by atoms with Gasteiger partial charge in [-0.1, -0.05) is 6.92 Å². The normalized spacial score (nSPS) is 22.9. The third kappa shape index (κ3) is 2.47. The van der Waals surface area contributed by atoms with Crippen LogP contribution >= 0.6 is 0 Å². The van der Waals surface area contributed by atoms with E-state index in [0.717, 1.165) is 12.5 Å². The molecule has 3 nitrogen and oxygen atoms in total. The Labute approximate surface area is 110 Å². The zero-order valence-corrected chi connectivity index (χ0v) is 11.0. The maximum atomic E-state index is 13.7. The molecular weight excluding hydrogens is 252 g/mol. The summed E-state index contributed by atoms with van der Waals surface area (Å²) in [5.74, 6) is -1.82. The molecule has 0 bridgehead atoms. The summed E-state index contributed by atoms with van der Waals surface area (Å²) in [5.41, 5.74) is 0.101. The Hall–Kier alpha value is -1.49. The molecule has 0 saturated carbocycles. The largest absolute Gasteiger partial charge is 0.394 e. The number of benzene rings is 1. The van der Waals surface area contributed by atoms with Gasteiger partial charge in [0.1, 0.15) is 11.6 Å². The fraction of sp³-hybridized carbons (Fsp3) is 0.500. The van der Waals surface area contributed by atoms with Crippen LogP contribution in [-0.2, 0) is 0 Å². The van der Waals surface area contributed by atoms with Crippen molar-refractivity contribution in [2.75, 3.05) is 13.2 Å². The van der Waals surface area contributed by atoms with E-state index < -0.39 is 17.5 Å². The molecule has 2 rings (SSSR count). The molecule has 1 aromatic carbocycles. The highest BCUT2D eigenvalue weighted by molar-refractivity contribution is 5.95. The molecule has 1 saturated heterocycles. The minimum absolute atomic E-state index is 0.133. The van der Waals surface area contributed by atoms with Gasteiger partial charge in [-0.25, -0.2) is 8.78 Å². The van der Waals surface area contributed by atoms with Crippen molar-refractivity contribution in [3.8, 4) is 0 Å². The summed E-state index contributed by atoms with van der Waals surface area (Å²) in [7, 11) is 0. The molecule has 19 heavy (non-hydrogen) atoms. The quantitative estimate of drug-likeness (QED) is 0.893. The van der Waals surface area contributed by atoms with Gasteiger partial charge in [-0.05, 0) is 30.9 Å². The first-order valence-corrected chi connectivity index (χ1v) is 6.33. The van der Waals surface area contributed by atoms with Gasteiger partial charge >= 0.3 is 0 Å². The molecule has 0 aromatic heterocycles. The lowest BCUT2D eigenvalue weighted by atomic mass is 10.0. The summed E-state index contributed by atoms with van der Waals surface area (Å²) in [5, 5.41) is 9.32. The van der Waals surface area contributed by atoms with Gasteiger partial charge in [0.05, 0.1) is 18.2 Å². The molecule has 0 spiro atoms. The van der Waals surface area contributed by atoms with Crippen LogP contribution < -0.4 is 0 Å². The second kappa shape index (κ2) is 5.25. The molecule has 2 atom stereocenters. The predicted molar refractivity (Wildman–Crippen MR) is 66.8 cm³/mol. The number of halogens is 2. The van der Waals surface area contributed by atoms with E-state index >= 15 is 0 Å². The monoisotopic (exact) mass is 269 g/mol. The summed E-state index contributed by atoms with van der Waals surface area (Å²) in [4.78, 5) is 13.8. The third-order valence-corrected chi connectivity index (χ3v) is 3.81. The molecule has 1 heterocycles. The van der Waals surface area contributed by atoms with Gasteiger partial charge in [0, 0.05) is 12.6 Å². The van der Waals surface area contributed by atoms with Crippen LogP contribution in [-0.4, -0.2) is 35.1 Å². The third-order valence-electron chi connectivity index (χ3n) is 3.81. The molecular formula is C14H17F2NO2. The van der Waals surface area contributed by atoms with E-state index in [1.165, 1.54) is 17.9 Å². The maximum absolute atomic E-state index is 13.7. The van der Waals surface area contributed by atoms with Gasteiger partial charge in [-0.15, -0.1) is 0 Å². The van der Waals surface area contributed by atoms with E-state index in [1.54, 1.807) is 0 Å². The maximum Gasteiger partial charge on any atom is 0.257 e. The highest BCUT2D eigenvalue weighted by Gasteiger charge is 2.35. The Bertz CT molecular complexity index is 504. The number of carbonyl (C=O) groups is 1. The van der Waals surface area contributed by atoms with Crippen molar-refractivity contribution in [3.05, 3.63) is 34.9 Å². The number of nitrogens with zero attached hydrogens (tertiary/aromatic N) is 1. The fourth-order valence-electron chi connectivity index (χ4n) is 2.51. The number of amides is 1. The van der Waals surface area contributed by atoms with Gasteiger partial charge in [-0.3, -0.25) is 4.79 Å². The molecule has 5 heteroatoms. The van der Waals surface area contributed by atoms with E-state index in [2.05, 4.69) is 0 Å². The molecule has 1 aliphatic heterocycles. The highest BCUT2D eigenvalue weighted by atomic mass is 19.1. The number of aryl methyl sites for hydroxylation is 1. The summed E-state index contributed by atoms with van der Waals surface area (Å²) in [6.07, 6.45) is 0.777. The molecule has 0 aliphatic carbocycles. The SMILES string of the molecule is Cc1cc(C(=O)N2CCC(C)C2CO)c(F)cc1F. The topological polar surface area (TPSA) is 40.5 Å². The van der Waals surface area contributed by atoms with E-state index in [-0.39, 0.29) is 29.7 Å². The smallest absolute Gasteiger partial charge is 0.257 e. The van der Waals surface area contributed by atoms with Crippen molar-refractivity contribution < 1.29 is 18.7 Å². The number of carbonyl (C=O) groups excluding carboxylic acids is 1. The number of likely N-dealkylation sites (tertiary alicyclic amines) is 1. The summed E-state index contributed by atoms with van der Waals surface area (Å²) in [6, 6.07) is 1.66. The molecule has 1 aliphatic rings. The Morgan fingerprint density at radius 1 is 1.42 bits per heavy atom. The highest BCUT2D eigenvalue weighted by Crippen LogP contribution is 2.26. The molecule has 1 aromatic rings. The van der Waals surface area contributed by atoms with E-state index in [4.69, 9.17) is 0 Å². The Kier molecular flexibility index (Phi) is 3.85. The molecule has 1 N–H and O–H groups in total. The number of rotatable bonds is 2. The molecule has 2 unspecified atom stereocenters. The summed E-state index contributed by atoms with van der Waals surface area (Å²) >= 11 is 0. The second-order valence-corrected chi connectivity index (χ2v) is 5.10. The lowest BCUT2D eigenvalue weighted by molar-refractivity contribution is 0.0643. The van der Waals surface area contributed by atoms with Crippen LogP contribution in [0.1, 0.15) is 29.3 Å². The van der Waals surface area contributed by atoms with Crippen molar-refractivity contribution in [1.82, 2.24) is 4.90 Å². The van der Waals surface area contributed by atoms with E-state index in [9.17, 15) is 18.7 Å². The average molecular weight is 269 g/mol. The van der Waals surface area contributed by atoms with Crippen LogP contribution in [0.2, 0.25) is 0 Å². The van der Waals surface area contributed by atoms with Crippen LogP contribution in [0.5, 0.6) is 0 Å². The number of aliphatic hydroxyl groups excluding tert-OH is 1. The van der Waals surface area contributed by atoms with Gasteiger partial charge in [0.25, 0.3) is 5.91 Å². The zero-order valence-electron chi connectivity index (χ0n) is 11.0. The Morgan fingerprint density at radius 2 is 2.11 bits per heavy atom. The summed E-state index contributed by atoms with van der Waals surface area (Å²) < 4.78 is 26.9. The predicted octanol–water partition coefficient (Wildman–Crippen LogP) is 2.12. The Balaban J connectivity index is 2.32. The van der Waals surface area contributed by atoms with Crippen LogP contribution in [0.4, 0.5) is 8.78 Å². The molecule has 0 radical (unpaired) electrons. The minimum atomic E-state index is -0.857. The summed E-state index contributed by atoms with van der Waals surface area (Å²) in [6.45, 7) is 3.78. The first kappa shape index (κ1) is 13.9. The van der Waals surface area contributed by atoms with Crippen LogP contribution in [0.25, 0.3) is 0 Å². The average Bonchev–Trinajstić information content (AvgIpc) is 2.74. The van der Waals surface area contributed by atoms with Gasteiger partial charge in [0.2, 0.25) is 0 Å². The number of aliphatic hydroxyl groups is 1. The number of hydrogen-bond acceptors (Lipinski definition) is 2. The van der Waals surface area contributed by atoms with E-state index in [1.807, 2.05) is 6.92 Å². The lowest BCUT2D eigenvalue weighted by Gasteiger charge is -2.25. The van der Waals surface area contributed by atoms with Crippen LogP contribution in [0, 0.1) is 24.5 Å². The van der Waals surface area contributed by atoms with Crippen molar-refractivity contribution in [2.24, 2.45) is 5.92 Å². The standard InChI is InChI=1S/C14H17F2NO2/c1-8-3-4-17(13(8)7-18)14(19)10-5-9(2)11(15)6-12(10)16/h5-6,8,13,18H,3-4,7H2,1-2H3. The minimum Gasteiger partial charge on any atom is -0.394 e. The molecule has 104 valence electrons. The molecule has 1 fully saturated rings. The van der Waals surface area contributed by atoms with E-state index in [0.29, 0.717) is 6.54 Å². The van der Waals surface area contributed by atoms with Crippen molar-refractivity contribution in [3.63, 3.8) is 0 Å². The van der Waals surface area contributed by atoms with Crippen molar-refractivity contribution >= 4 is 5.91 Å². The first-order chi connectivity index (χ1) is 8.95. The Morgan fingerprint density at radius 3 is 2.74 bits per heavy atom. The van der Waals surface area contributed by atoms with Gasteiger partial charge < -0.3 is 10.0 Å². The lowest BCUT2D eigenvalue weighted by Crippen LogP contribution is -2.40. The fourth-order valence-corrected chi connectivity index (χ4v) is 2.51. The molecule has 1 amide bonds. The first-order valence-electron chi connectivity index (χ1n) is 6.33. The van der Waals surface area contributed by atoms with Crippen molar-refractivity contribution in [1.29, 1.82) is 0 Å². The van der Waals surface area contributed by atoms with Gasteiger partial charge in [-0.2, -0.15) is 0 Å². The number of hydrogen-bond donors (Lipinski definition) is 1.